The molecular formula is C45H61N3O8Si2. The summed E-state index contributed by atoms with van der Waals surface area (Å²) in [7, 11) is -1.08. The minimum absolute atomic E-state index is 0.00808. The maximum Gasteiger partial charge on any atom is 0.257 e. The molecule has 0 saturated carbocycles. The van der Waals surface area contributed by atoms with Gasteiger partial charge in [0.1, 0.15) is 5.82 Å². The number of ether oxygens (including phenoxy) is 2. The number of rotatable bonds is 15. The maximum absolute atomic E-state index is 14.7. The standard InChI is InChI=1S/C45H61N3O8Si2/c1-44(2,3)57(9,10)55-21-19-47(20-22-56-58(11,12)45(4,5)6)43(52)35-27-41(51)48(37-16-14-13-15-33(35)37)40-25-30(17-18-46-40)42-34-26-39(54-8)38(53-7)24-31(34)23-32(28-49)36(42)29-50/h13-18,23-27,49-50H,19-22,28-29H2,1-12H3. The number of methoxy groups -OCH3 is 2. The zero-order valence-electron chi connectivity index (χ0n) is 36.3. The summed E-state index contributed by atoms with van der Waals surface area (Å²) >= 11 is 0. The van der Waals surface area contributed by atoms with Crippen molar-refractivity contribution in [1.29, 1.82) is 0 Å². The van der Waals surface area contributed by atoms with Crippen molar-refractivity contribution in [2.45, 2.75) is 91.0 Å². The molecule has 0 aliphatic carbocycles. The van der Waals surface area contributed by atoms with Gasteiger partial charge in [-0.3, -0.25) is 14.2 Å². The number of fused-ring (bicyclic) bond motifs is 2. The van der Waals surface area contributed by atoms with E-state index >= 15 is 0 Å². The molecule has 2 aromatic heterocycles. The number of aromatic nitrogens is 2. The van der Waals surface area contributed by atoms with Crippen LogP contribution in [-0.2, 0) is 22.1 Å². The number of pyridine rings is 2. The van der Waals surface area contributed by atoms with E-state index in [0.717, 1.165) is 10.8 Å². The van der Waals surface area contributed by atoms with Gasteiger partial charge >= 0.3 is 0 Å². The highest BCUT2D eigenvalue weighted by Gasteiger charge is 2.38. The molecule has 0 aliphatic heterocycles. The smallest absolute Gasteiger partial charge is 0.257 e. The van der Waals surface area contributed by atoms with Crippen molar-refractivity contribution in [1.82, 2.24) is 14.5 Å². The largest absolute Gasteiger partial charge is 0.493 e. The Kier molecular flexibility index (Phi) is 13.5. The molecule has 0 spiro atoms. The summed E-state index contributed by atoms with van der Waals surface area (Å²) in [5, 5.41) is 23.2. The molecule has 5 aromatic rings. The predicted molar refractivity (Wildman–Crippen MR) is 237 cm³/mol. The van der Waals surface area contributed by atoms with Crippen LogP contribution in [0.2, 0.25) is 36.3 Å². The molecule has 312 valence electrons. The fourth-order valence-corrected chi connectivity index (χ4v) is 8.68. The van der Waals surface area contributed by atoms with Crippen LogP contribution < -0.4 is 15.0 Å². The van der Waals surface area contributed by atoms with Crippen LogP contribution in [0.4, 0.5) is 0 Å². The van der Waals surface area contributed by atoms with Gasteiger partial charge in [0, 0.05) is 30.7 Å². The number of benzene rings is 3. The first-order chi connectivity index (χ1) is 27.2. The third-order valence-corrected chi connectivity index (χ3v) is 21.2. The molecule has 0 radical (unpaired) electrons. The molecule has 3 aromatic carbocycles. The average molecular weight is 828 g/mol. The summed E-state index contributed by atoms with van der Waals surface area (Å²) < 4.78 is 25.7. The first-order valence-electron chi connectivity index (χ1n) is 19.8. The van der Waals surface area contributed by atoms with Gasteiger partial charge < -0.3 is 33.4 Å². The van der Waals surface area contributed by atoms with E-state index in [1.165, 1.54) is 10.6 Å². The van der Waals surface area contributed by atoms with Crippen LogP contribution in [0.5, 0.6) is 11.5 Å². The molecule has 1 amide bonds. The highest BCUT2D eigenvalue weighted by atomic mass is 28.4. The summed E-state index contributed by atoms with van der Waals surface area (Å²) in [6.45, 7) is 22.7. The maximum atomic E-state index is 14.7. The van der Waals surface area contributed by atoms with Gasteiger partial charge in [0.05, 0.1) is 51.7 Å². The number of amides is 1. The number of hydrogen-bond donors (Lipinski definition) is 2. The Morgan fingerprint density at radius 3 is 1.91 bits per heavy atom. The van der Waals surface area contributed by atoms with Crippen molar-refractivity contribution < 1.29 is 33.3 Å². The fraction of sp³-hybridized carbons (Fsp3) is 0.444. The lowest BCUT2D eigenvalue weighted by molar-refractivity contribution is 0.0694. The average Bonchev–Trinajstić information content (AvgIpc) is 3.17. The summed E-state index contributed by atoms with van der Waals surface area (Å²) in [6, 6.07) is 17.8. The van der Waals surface area contributed by atoms with E-state index in [-0.39, 0.29) is 34.8 Å². The van der Waals surface area contributed by atoms with Crippen LogP contribution in [0.3, 0.4) is 0 Å². The van der Waals surface area contributed by atoms with E-state index in [0.29, 0.717) is 76.8 Å². The summed E-state index contributed by atoms with van der Waals surface area (Å²) in [4.78, 5) is 35.4. The van der Waals surface area contributed by atoms with E-state index in [2.05, 4.69) is 72.7 Å². The third kappa shape index (κ3) is 9.09. The number of hydrogen-bond acceptors (Lipinski definition) is 9. The van der Waals surface area contributed by atoms with Crippen molar-refractivity contribution in [3.63, 3.8) is 0 Å². The van der Waals surface area contributed by atoms with Crippen molar-refractivity contribution in [2.75, 3.05) is 40.5 Å². The first-order valence-corrected chi connectivity index (χ1v) is 25.6. The molecular weight excluding hydrogens is 767 g/mol. The van der Waals surface area contributed by atoms with E-state index in [9.17, 15) is 19.8 Å². The zero-order chi connectivity index (χ0) is 42.8. The predicted octanol–water partition coefficient (Wildman–Crippen LogP) is 8.69. The Labute approximate surface area is 344 Å². The SMILES string of the molecule is COc1cc2cc(CO)c(CO)c(-c3ccnc(-n4c(=O)cc(C(=O)N(CCO[Si](C)(C)C(C)(C)C)CCO[Si](C)(C)C(C)(C)C)c5ccccc54)c3)c2cc1OC. The summed E-state index contributed by atoms with van der Waals surface area (Å²) in [5.41, 5.74) is 2.78. The number of aliphatic hydroxyl groups is 2. The Morgan fingerprint density at radius 2 is 1.36 bits per heavy atom. The number of aliphatic hydroxyl groups excluding tert-OH is 2. The minimum atomic E-state index is -2.10. The molecule has 0 atom stereocenters. The second-order valence-electron chi connectivity index (χ2n) is 17.8. The van der Waals surface area contributed by atoms with Crippen LogP contribution in [0.15, 0.2) is 71.7 Å². The summed E-state index contributed by atoms with van der Waals surface area (Å²) in [6.07, 6.45) is 1.61. The van der Waals surface area contributed by atoms with Gasteiger partial charge in [0.2, 0.25) is 0 Å². The summed E-state index contributed by atoms with van der Waals surface area (Å²) in [5.74, 6) is 1.08. The second kappa shape index (κ2) is 17.5. The first kappa shape index (κ1) is 44.7. The van der Waals surface area contributed by atoms with Crippen molar-refractivity contribution in [3.05, 3.63) is 93.9 Å². The van der Waals surface area contributed by atoms with Crippen LogP contribution in [-0.4, -0.2) is 87.7 Å². The monoisotopic (exact) mass is 827 g/mol. The lowest BCUT2D eigenvalue weighted by atomic mass is 9.90. The Hall–Kier alpha value is -4.38. The van der Waals surface area contributed by atoms with Gasteiger partial charge in [0.25, 0.3) is 11.5 Å². The quantitative estimate of drug-likeness (QED) is 0.0996. The number of nitrogens with zero attached hydrogens (tertiary/aromatic N) is 3. The Morgan fingerprint density at radius 1 is 0.776 bits per heavy atom. The second-order valence-corrected chi connectivity index (χ2v) is 27.4. The number of carbonyl (C=O) groups is 1. The van der Waals surface area contributed by atoms with Gasteiger partial charge in [0.15, 0.2) is 28.1 Å². The molecule has 0 saturated heterocycles. The van der Waals surface area contributed by atoms with Crippen molar-refractivity contribution in [2.24, 2.45) is 0 Å². The Balaban J connectivity index is 1.61. The van der Waals surface area contributed by atoms with Crippen LogP contribution in [0.1, 0.15) is 63.0 Å². The fourth-order valence-electron chi connectivity index (χ4n) is 6.61. The molecule has 2 heterocycles. The minimum Gasteiger partial charge on any atom is -0.493 e. The molecule has 13 heteroatoms. The van der Waals surface area contributed by atoms with E-state index in [1.807, 2.05) is 42.5 Å². The molecule has 2 N–H and O–H groups in total. The molecule has 58 heavy (non-hydrogen) atoms. The van der Waals surface area contributed by atoms with Gasteiger partial charge in [-0.15, -0.1) is 0 Å². The van der Waals surface area contributed by atoms with Crippen LogP contribution >= 0.6 is 0 Å². The van der Waals surface area contributed by atoms with Crippen LogP contribution in [0.25, 0.3) is 38.6 Å². The number of carbonyl (C=O) groups excluding carboxylic acids is 1. The lowest BCUT2D eigenvalue weighted by Crippen LogP contribution is -2.46. The number of para-hydroxylation sites is 1. The molecule has 5 rings (SSSR count). The molecule has 0 bridgehead atoms. The van der Waals surface area contributed by atoms with Crippen LogP contribution in [0, 0.1) is 0 Å². The highest BCUT2D eigenvalue weighted by Crippen LogP contribution is 2.41. The van der Waals surface area contributed by atoms with Gasteiger partial charge in [-0.1, -0.05) is 59.7 Å². The molecule has 0 unspecified atom stereocenters. The van der Waals surface area contributed by atoms with Gasteiger partial charge in [-0.2, -0.15) is 0 Å². The van der Waals surface area contributed by atoms with Gasteiger partial charge in [-0.05, 0) is 106 Å². The Bertz CT molecular complexity index is 2310. The van der Waals surface area contributed by atoms with Gasteiger partial charge in [-0.25, -0.2) is 4.98 Å². The van der Waals surface area contributed by atoms with E-state index in [1.54, 1.807) is 37.4 Å². The topological polar surface area (TPSA) is 133 Å². The molecule has 0 fully saturated rings. The van der Waals surface area contributed by atoms with Crippen molar-refractivity contribution in [3.8, 4) is 28.4 Å². The highest BCUT2D eigenvalue weighted by molar-refractivity contribution is 6.74. The lowest BCUT2D eigenvalue weighted by Gasteiger charge is -2.38. The van der Waals surface area contributed by atoms with E-state index < -0.39 is 22.2 Å². The molecule has 0 aliphatic rings. The normalized spacial score (nSPS) is 12.7. The molecule has 11 nitrogen and oxygen atoms in total. The van der Waals surface area contributed by atoms with Crippen molar-refractivity contribution >= 4 is 44.2 Å². The zero-order valence-corrected chi connectivity index (χ0v) is 38.3. The van der Waals surface area contributed by atoms with E-state index in [4.69, 9.17) is 18.3 Å². The third-order valence-electron chi connectivity index (χ3n) is 12.1.